The van der Waals surface area contributed by atoms with E-state index in [9.17, 15) is 0 Å². The quantitative estimate of drug-likeness (QED) is 0.858. The highest BCUT2D eigenvalue weighted by atomic mass is 79.9. The molecule has 0 unspecified atom stereocenters. The van der Waals surface area contributed by atoms with E-state index in [1.807, 2.05) is 49.8 Å². The first-order valence-electron chi connectivity index (χ1n) is 6.21. The molecule has 19 heavy (non-hydrogen) atoms. The normalized spacial score (nSPS) is 10.5. The minimum Gasteiger partial charge on any atom is -0.488 e. The Hall–Kier alpha value is -1.49. The third-order valence-corrected chi connectivity index (χ3v) is 3.67. The summed E-state index contributed by atoms with van der Waals surface area (Å²) < 4.78 is 8.69. The van der Waals surface area contributed by atoms with E-state index in [1.54, 1.807) is 0 Å². The number of halogens is 1. The molecular formula is C14H18BrN3O. The van der Waals surface area contributed by atoms with Gasteiger partial charge in [0.15, 0.2) is 5.75 Å². The molecular weight excluding hydrogens is 306 g/mol. The second-order valence-electron chi connectivity index (χ2n) is 4.38. The van der Waals surface area contributed by atoms with E-state index < -0.39 is 0 Å². The highest BCUT2D eigenvalue weighted by Crippen LogP contribution is 2.22. The molecule has 1 aromatic heterocycles. The second-order valence-corrected chi connectivity index (χ2v) is 5.23. The molecule has 0 radical (unpaired) electrons. The number of aromatic nitrogens is 2. The summed E-state index contributed by atoms with van der Waals surface area (Å²) in [6.07, 6.45) is 0. The van der Waals surface area contributed by atoms with E-state index in [0.717, 1.165) is 33.8 Å². The van der Waals surface area contributed by atoms with Crippen LogP contribution in [0.15, 0.2) is 28.7 Å². The zero-order valence-electron chi connectivity index (χ0n) is 11.4. The smallest absolute Gasteiger partial charge is 0.163 e. The van der Waals surface area contributed by atoms with Crippen molar-refractivity contribution in [2.75, 3.05) is 18.5 Å². The first-order chi connectivity index (χ1) is 9.09. The van der Waals surface area contributed by atoms with Crippen molar-refractivity contribution in [3.05, 3.63) is 40.1 Å². The summed E-state index contributed by atoms with van der Waals surface area (Å²) in [5.74, 6) is 0.886. The van der Waals surface area contributed by atoms with Gasteiger partial charge >= 0.3 is 0 Å². The van der Waals surface area contributed by atoms with E-state index in [2.05, 4.69) is 26.3 Å². The lowest BCUT2D eigenvalue weighted by Crippen LogP contribution is -2.12. The Morgan fingerprint density at radius 1 is 1.32 bits per heavy atom. The third kappa shape index (κ3) is 3.29. The van der Waals surface area contributed by atoms with Crippen LogP contribution in [0.5, 0.6) is 5.75 Å². The van der Waals surface area contributed by atoms with Gasteiger partial charge in [0, 0.05) is 23.8 Å². The lowest BCUT2D eigenvalue weighted by atomic mass is 10.3. The van der Waals surface area contributed by atoms with Crippen LogP contribution in [0, 0.1) is 13.8 Å². The van der Waals surface area contributed by atoms with Crippen molar-refractivity contribution < 1.29 is 4.74 Å². The summed E-state index contributed by atoms with van der Waals surface area (Å²) in [7, 11) is 1.93. The highest BCUT2D eigenvalue weighted by molar-refractivity contribution is 9.10. The topological polar surface area (TPSA) is 39.1 Å². The van der Waals surface area contributed by atoms with Crippen LogP contribution in [0.3, 0.4) is 0 Å². The van der Waals surface area contributed by atoms with Crippen LogP contribution in [0.25, 0.3) is 0 Å². The summed E-state index contributed by atoms with van der Waals surface area (Å²) in [5.41, 5.74) is 3.06. The third-order valence-electron chi connectivity index (χ3n) is 2.98. The summed E-state index contributed by atoms with van der Waals surface area (Å²) in [6.45, 7) is 5.32. The number of aryl methyl sites for hydroxylation is 2. The minimum atomic E-state index is 0.606. The highest BCUT2D eigenvalue weighted by Gasteiger charge is 2.09. The Balaban J connectivity index is 1.86. The summed E-state index contributed by atoms with van der Waals surface area (Å²) in [6, 6.07) is 8.04. The number of benzene rings is 1. The number of nitrogens with one attached hydrogen (secondary N) is 1. The van der Waals surface area contributed by atoms with E-state index in [-0.39, 0.29) is 0 Å². The molecule has 1 N–H and O–H groups in total. The Morgan fingerprint density at radius 3 is 2.68 bits per heavy atom. The fourth-order valence-electron chi connectivity index (χ4n) is 1.91. The molecule has 2 aromatic rings. The van der Waals surface area contributed by atoms with E-state index in [0.29, 0.717) is 6.61 Å². The Labute approximate surface area is 121 Å². The molecule has 0 fully saturated rings. The molecule has 0 aliphatic heterocycles. The SMILES string of the molecule is Cc1nn(C)c(C)c1OCCNc1ccccc1Br. The molecule has 0 amide bonds. The van der Waals surface area contributed by atoms with E-state index in [4.69, 9.17) is 4.74 Å². The maximum absolute atomic E-state index is 5.79. The monoisotopic (exact) mass is 323 g/mol. The fraction of sp³-hybridized carbons (Fsp3) is 0.357. The van der Waals surface area contributed by atoms with Gasteiger partial charge in [-0.2, -0.15) is 5.10 Å². The van der Waals surface area contributed by atoms with Crippen LogP contribution in [0.2, 0.25) is 0 Å². The average molecular weight is 324 g/mol. The summed E-state index contributed by atoms with van der Waals surface area (Å²) >= 11 is 3.50. The summed E-state index contributed by atoms with van der Waals surface area (Å²) in [4.78, 5) is 0. The molecule has 0 spiro atoms. The number of hydrogen-bond donors (Lipinski definition) is 1. The minimum absolute atomic E-state index is 0.606. The van der Waals surface area contributed by atoms with E-state index >= 15 is 0 Å². The Kier molecular flexibility index (Phi) is 4.47. The van der Waals surface area contributed by atoms with Crippen molar-refractivity contribution in [2.45, 2.75) is 13.8 Å². The van der Waals surface area contributed by atoms with Gasteiger partial charge in [-0.1, -0.05) is 12.1 Å². The predicted octanol–water partition coefficient (Wildman–Crippen LogP) is 3.29. The molecule has 102 valence electrons. The van der Waals surface area contributed by atoms with Crippen LogP contribution < -0.4 is 10.1 Å². The van der Waals surface area contributed by atoms with Crippen molar-refractivity contribution in [2.24, 2.45) is 7.05 Å². The molecule has 0 atom stereocenters. The zero-order chi connectivity index (χ0) is 13.8. The van der Waals surface area contributed by atoms with Crippen LogP contribution in [-0.4, -0.2) is 22.9 Å². The fourth-order valence-corrected chi connectivity index (χ4v) is 2.33. The molecule has 0 saturated heterocycles. The van der Waals surface area contributed by atoms with Gasteiger partial charge in [0.2, 0.25) is 0 Å². The van der Waals surface area contributed by atoms with Gasteiger partial charge in [0.1, 0.15) is 12.3 Å². The van der Waals surface area contributed by atoms with Crippen LogP contribution in [0.4, 0.5) is 5.69 Å². The molecule has 4 nitrogen and oxygen atoms in total. The molecule has 2 rings (SSSR count). The van der Waals surface area contributed by atoms with Gasteiger partial charge in [-0.15, -0.1) is 0 Å². The lowest BCUT2D eigenvalue weighted by Gasteiger charge is -2.10. The molecule has 1 heterocycles. The Morgan fingerprint density at radius 2 is 2.05 bits per heavy atom. The standard InChI is InChI=1S/C14H18BrN3O/c1-10-14(11(2)18(3)17-10)19-9-8-16-13-7-5-4-6-12(13)15/h4-7,16H,8-9H2,1-3H3. The number of ether oxygens (including phenoxy) is 1. The van der Waals surface area contributed by atoms with Crippen LogP contribution in [0.1, 0.15) is 11.4 Å². The number of para-hydroxylation sites is 1. The van der Waals surface area contributed by atoms with Gasteiger partial charge in [-0.3, -0.25) is 4.68 Å². The van der Waals surface area contributed by atoms with Gasteiger partial charge in [-0.25, -0.2) is 0 Å². The Bertz CT molecular complexity index is 566. The summed E-state index contributed by atoms with van der Waals surface area (Å²) in [5, 5.41) is 7.66. The van der Waals surface area contributed by atoms with Crippen LogP contribution in [-0.2, 0) is 7.05 Å². The van der Waals surface area contributed by atoms with Crippen molar-refractivity contribution in [3.63, 3.8) is 0 Å². The molecule has 1 aromatic carbocycles. The van der Waals surface area contributed by atoms with Gasteiger partial charge in [0.25, 0.3) is 0 Å². The first kappa shape index (κ1) is 13.9. The van der Waals surface area contributed by atoms with Crippen LogP contribution >= 0.6 is 15.9 Å². The number of anilines is 1. The molecule has 0 saturated carbocycles. The molecule has 0 bridgehead atoms. The number of rotatable bonds is 5. The van der Waals surface area contributed by atoms with Crippen molar-refractivity contribution in [1.82, 2.24) is 9.78 Å². The number of hydrogen-bond acceptors (Lipinski definition) is 3. The first-order valence-corrected chi connectivity index (χ1v) is 7.00. The molecule has 0 aliphatic rings. The van der Waals surface area contributed by atoms with Crippen molar-refractivity contribution >= 4 is 21.6 Å². The zero-order valence-corrected chi connectivity index (χ0v) is 13.0. The number of nitrogens with zero attached hydrogens (tertiary/aromatic N) is 2. The maximum atomic E-state index is 5.79. The van der Waals surface area contributed by atoms with Gasteiger partial charge < -0.3 is 10.1 Å². The van der Waals surface area contributed by atoms with E-state index in [1.165, 1.54) is 0 Å². The molecule has 0 aliphatic carbocycles. The van der Waals surface area contributed by atoms with Gasteiger partial charge in [-0.05, 0) is 41.9 Å². The van der Waals surface area contributed by atoms with Gasteiger partial charge in [0.05, 0.1) is 5.69 Å². The predicted molar refractivity (Wildman–Crippen MR) is 80.8 cm³/mol. The lowest BCUT2D eigenvalue weighted by molar-refractivity contribution is 0.328. The average Bonchev–Trinajstić information content (AvgIpc) is 2.62. The van der Waals surface area contributed by atoms with Crippen molar-refractivity contribution in [3.8, 4) is 5.75 Å². The van der Waals surface area contributed by atoms with Crippen molar-refractivity contribution in [1.29, 1.82) is 0 Å². The molecule has 5 heteroatoms. The second kappa shape index (κ2) is 6.10. The maximum Gasteiger partial charge on any atom is 0.163 e. The largest absolute Gasteiger partial charge is 0.488 e.